The number of anilines is 1. The van der Waals surface area contributed by atoms with Gasteiger partial charge in [-0.1, -0.05) is 36.4 Å². The molecule has 1 unspecified atom stereocenters. The summed E-state index contributed by atoms with van der Waals surface area (Å²) in [6, 6.07) is 20.8. The normalized spacial score (nSPS) is 17.4. The van der Waals surface area contributed by atoms with E-state index in [9.17, 15) is 24.8 Å². The number of hydrogen-bond acceptors (Lipinski definition) is 5. The summed E-state index contributed by atoms with van der Waals surface area (Å²) in [6.07, 6.45) is 1.85. The second kappa shape index (κ2) is 8.00. The van der Waals surface area contributed by atoms with Crippen molar-refractivity contribution < 1.29 is 19.6 Å². The quantitative estimate of drug-likeness (QED) is 0.158. The van der Waals surface area contributed by atoms with Crippen LogP contribution in [-0.4, -0.2) is 26.3 Å². The maximum Gasteiger partial charge on any atom is 0.300 e. The molecule has 1 N–H and O–H groups in total. The van der Waals surface area contributed by atoms with Gasteiger partial charge in [0.2, 0.25) is 0 Å². The first-order valence-corrected chi connectivity index (χ1v) is 10.5. The molecule has 1 aliphatic heterocycles. The number of Topliss-reactive ketones (excluding diaryl/α,β-unsaturated/α-hetero) is 1. The fourth-order valence-electron chi connectivity index (χ4n) is 4.47. The van der Waals surface area contributed by atoms with Crippen LogP contribution in [-0.2, 0) is 16.6 Å². The molecule has 5 rings (SSSR count). The number of benzene rings is 3. The molecule has 1 fully saturated rings. The highest BCUT2D eigenvalue weighted by atomic mass is 16.6. The standard InChI is InChI=1S/C26H19N3O5/c1-27-15-20(19-9-5-6-10-21(19)27)23-22(24(30)16-11-13-18(14-12-16)29(33)34)25(31)26(32)28(23)17-7-3-2-4-8-17/h2-15,23,30H,1H3/b24-22+. The molecule has 0 bridgehead atoms. The summed E-state index contributed by atoms with van der Waals surface area (Å²) in [5, 5.41) is 23.1. The number of rotatable bonds is 4. The number of fused-ring (bicyclic) bond motifs is 1. The van der Waals surface area contributed by atoms with Crippen LogP contribution in [0.2, 0.25) is 0 Å². The molecule has 168 valence electrons. The third kappa shape index (κ3) is 3.24. The Bertz CT molecular complexity index is 1490. The van der Waals surface area contributed by atoms with Crippen molar-refractivity contribution in [2.75, 3.05) is 4.90 Å². The van der Waals surface area contributed by atoms with Gasteiger partial charge in [-0.3, -0.25) is 24.6 Å². The third-order valence-corrected chi connectivity index (χ3v) is 6.05. The van der Waals surface area contributed by atoms with E-state index in [1.165, 1.54) is 29.2 Å². The van der Waals surface area contributed by atoms with Crippen LogP contribution in [0.4, 0.5) is 11.4 Å². The van der Waals surface area contributed by atoms with E-state index < -0.39 is 22.7 Å². The Kier molecular flexibility index (Phi) is 4.98. The average Bonchev–Trinajstić information content (AvgIpc) is 3.32. The van der Waals surface area contributed by atoms with Gasteiger partial charge in [-0.2, -0.15) is 0 Å². The van der Waals surface area contributed by atoms with E-state index in [2.05, 4.69) is 0 Å². The lowest BCUT2D eigenvalue weighted by Gasteiger charge is -2.25. The topological polar surface area (TPSA) is 106 Å². The van der Waals surface area contributed by atoms with Crippen molar-refractivity contribution in [2.24, 2.45) is 7.05 Å². The summed E-state index contributed by atoms with van der Waals surface area (Å²) >= 11 is 0. The molecule has 1 aliphatic rings. The van der Waals surface area contributed by atoms with Gasteiger partial charge in [-0.05, 0) is 30.3 Å². The van der Waals surface area contributed by atoms with Gasteiger partial charge < -0.3 is 9.67 Å². The lowest BCUT2D eigenvalue weighted by atomic mass is 9.94. The minimum atomic E-state index is -0.885. The first kappa shape index (κ1) is 21.1. The number of ketones is 1. The summed E-state index contributed by atoms with van der Waals surface area (Å²) in [6.45, 7) is 0. The van der Waals surface area contributed by atoms with E-state index in [-0.39, 0.29) is 22.6 Å². The highest BCUT2D eigenvalue weighted by molar-refractivity contribution is 6.51. The number of nitrogens with zero attached hydrogens (tertiary/aromatic N) is 3. The molecular formula is C26H19N3O5. The van der Waals surface area contributed by atoms with Gasteiger partial charge in [-0.15, -0.1) is 0 Å². The van der Waals surface area contributed by atoms with Crippen molar-refractivity contribution >= 4 is 39.7 Å². The monoisotopic (exact) mass is 453 g/mol. The smallest absolute Gasteiger partial charge is 0.300 e. The van der Waals surface area contributed by atoms with Gasteiger partial charge in [-0.25, -0.2) is 0 Å². The number of hydrogen-bond donors (Lipinski definition) is 1. The highest BCUT2D eigenvalue weighted by Crippen LogP contribution is 2.44. The molecule has 1 atom stereocenters. The number of non-ortho nitro benzene ring substituents is 1. The summed E-state index contributed by atoms with van der Waals surface area (Å²) in [5.74, 6) is -1.96. The van der Waals surface area contributed by atoms with Crippen LogP contribution in [0.25, 0.3) is 16.7 Å². The first-order chi connectivity index (χ1) is 16.4. The minimum Gasteiger partial charge on any atom is -0.507 e. The number of nitro groups is 1. The number of para-hydroxylation sites is 2. The number of amides is 1. The number of carbonyl (C=O) groups excluding carboxylic acids is 2. The number of carbonyl (C=O) groups is 2. The zero-order valence-corrected chi connectivity index (χ0v) is 18.1. The molecule has 0 saturated carbocycles. The second-order valence-electron chi connectivity index (χ2n) is 8.02. The summed E-state index contributed by atoms with van der Waals surface area (Å²) in [4.78, 5) is 38.4. The van der Waals surface area contributed by atoms with Gasteiger partial charge in [0, 0.05) is 53.1 Å². The van der Waals surface area contributed by atoms with Gasteiger partial charge >= 0.3 is 0 Å². The lowest BCUT2D eigenvalue weighted by Crippen LogP contribution is -2.29. The van der Waals surface area contributed by atoms with Crippen LogP contribution in [0.3, 0.4) is 0 Å². The maximum atomic E-state index is 13.3. The summed E-state index contributed by atoms with van der Waals surface area (Å²) < 4.78 is 1.90. The Balaban J connectivity index is 1.77. The zero-order valence-electron chi connectivity index (χ0n) is 18.1. The minimum absolute atomic E-state index is 0.0703. The van der Waals surface area contributed by atoms with E-state index in [0.29, 0.717) is 11.3 Å². The molecule has 0 spiro atoms. The Morgan fingerprint density at radius 3 is 2.26 bits per heavy atom. The van der Waals surface area contributed by atoms with Crippen molar-refractivity contribution in [1.29, 1.82) is 0 Å². The molecule has 1 amide bonds. The van der Waals surface area contributed by atoms with E-state index in [1.807, 2.05) is 48.1 Å². The number of aryl methyl sites for hydroxylation is 1. The fraction of sp³-hybridized carbons (Fsp3) is 0.0769. The summed E-state index contributed by atoms with van der Waals surface area (Å²) in [5.41, 5.74) is 2.11. The largest absolute Gasteiger partial charge is 0.507 e. The van der Waals surface area contributed by atoms with Crippen molar-refractivity contribution in [3.63, 3.8) is 0 Å². The predicted molar refractivity (Wildman–Crippen MR) is 127 cm³/mol. The molecular weight excluding hydrogens is 434 g/mol. The number of aliphatic hydroxyl groups is 1. The SMILES string of the molecule is Cn1cc(C2/C(=C(\O)c3ccc([N+](=O)[O-])cc3)C(=O)C(=O)N2c2ccccc2)c2ccccc21. The van der Waals surface area contributed by atoms with Gasteiger partial charge in [0.25, 0.3) is 17.4 Å². The Hall–Kier alpha value is -4.72. The molecule has 34 heavy (non-hydrogen) atoms. The summed E-state index contributed by atoms with van der Waals surface area (Å²) in [7, 11) is 1.87. The van der Waals surface area contributed by atoms with Gasteiger partial charge in [0.05, 0.1) is 16.5 Å². The predicted octanol–water partition coefficient (Wildman–Crippen LogP) is 4.71. The fourth-order valence-corrected chi connectivity index (χ4v) is 4.47. The lowest BCUT2D eigenvalue weighted by molar-refractivity contribution is -0.384. The van der Waals surface area contributed by atoms with Crippen LogP contribution in [0.1, 0.15) is 17.2 Å². The molecule has 8 heteroatoms. The van der Waals surface area contributed by atoms with Crippen LogP contribution in [0.5, 0.6) is 0 Å². The number of aromatic nitrogens is 1. The Morgan fingerprint density at radius 1 is 0.941 bits per heavy atom. The molecule has 2 heterocycles. The second-order valence-corrected chi connectivity index (χ2v) is 8.02. The number of nitro benzene ring substituents is 1. The first-order valence-electron chi connectivity index (χ1n) is 10.5. The maximum absolute atomic E-state index is 13.3. The molecule has 3 aromatic carbocycles. The molecule has 4 aromatic rings. The zero-order chi connectivity index (χ0) is 24.0. The van der Waals surface area contributed by atoms with E-state index >= 15 is 0 Å². The number of aliphatic hydroxyl groups excluding tert-OH is 1. The van der Waals surface area contributed by atoms with Crippen molar-refractivity contribution in [3.8, 4) is 0 Å². The van der Waals surface area contributed by atoms with Crippen LogP contribution < -0.4 is 4.90 Å². The van der Waals surface area contributed by atoms with Gasteiger partial charge in [0.15, 0.2) is 0 Å². The highest BCUT2D eigenvalue weighted by Gasteiger charge is 2.47. The third-order valence-electron chi connectivity index (χ3n) is 6.05. The molecule has 0 aliphatic carbocycles. The Morgan fingerprint density at radius 2 is 1.59 bits per heavy atom. The molecule has 0 radical (unpaired) electrons. The average molecular weight is 453 g/mol. The van der Waals surface area contributed by atoms with Crippen molar-refractivity contribution in [3.05, 3.63) is 112 Å². The van der Waals surface area contributed by atoms with E-state index in [4.69, 9.17) is 0 Å². The van der Waals surface area contributed by atoms with Crippen LogP contribution >= 0.6 is 0 Å². The van der Waals surface area contributed by atoms with Gasteiger partial charge in [0.1, 0.15) is 5.76 Å². The molecule has 8 nitrogen and oxygen atoms in total. The molecule has 1 aromatic heterocycles. The Labute approximate surface area is 194 Å². The van der Waals surface area contributed by atoms with Crippen LogP contribution in [0.15, 0.2) is 90.6 Å². The van der Waals surface area contributed by atoms with E-state index in [0.717, 1.165) is 10.9 Å². The van der Waals surface area contributed by atoms with Crippen molar-refractivity contribution in [1.82, 2.24) is 4.57 Å². The molecule has 1 saturated heterocycles. The van der Waals surface area contributed by atoms with Crippen molar-refractivity contribution in [2.45, 2.75) is 6.04 Å². The van der Waals surface area contributed by atoms with E-state index in [1.54, 1.807) is 24.3 Å². The van der Waals surface area contributed by atoms with Crippen LogP contribution in [0, 0.1) is 10.1 Å².